The zero-order chi connectivity index (χ0) is 18.6. The van der Waals surface area contributed by atoms with E-state index in [0.29, 0.717) is 4.67 Å². The van der Waals surface area contributed by atoms with Crippen molar-refractivity contribution in [2.24, 2.45) is 0 Å². The zero-order valence-corrected chi connectivity index (χ0v) is 19.0. The number of thiocarbonyl (C=S) groups is 1. The molecule has 5 nitrogen and oxygen atoms in total. The summed E-state index contributed by atoms with van der Waals surface area (Å²) in [7, 11) is 0. The monoisotopic (exact) mass is 595 g/mol. The number of hydrogen-bond donors (Lipinski definition) is 3. The molecule has 3 N–H and O–H groups in total. The van der Waals surface area contributed by atoms with Crippen molar-refractivity contribution in [1.29, 1.82) is 0 Å². The van der Waals surface area contributed by atoms with E-state index in [0.717, 1.165) is 9.26 Å². The second kappa shape index (κ2) is 9.09. The van der Waals surface area contributed by atoms with Gasteiger partial charge in [-0.2, -0.15) is 0 Å². The zero-order valence-electron chi connectivity index (χ0n) is 12.2. The number of carbonyl (C=O) groups is 1. The number of rotatable bonds is 4. The summed E-state index contributed by atoms with van der Waals surface area (Å²) in [6.07, 6.45) is -1.09. The van der Waals surface area contributed by atoms with Crippen molar-refractivity contribution in [2.75, 3.05) is 5.32 Å². The first kappa shape index (κ1) is 21.0. The first-order chi connectivity index (χ1) is 11.6. The molecule has 0 aliphatic rings. The third-order valence-electron chi connectivity index (χ3n) is 2.78. The SMILES string of the molecule is O=C(N[C@H](NC(=S)Nc1ccc(I)cc1)C(Cl)(Cl)Cl)c1ccc(Br)o1. The Labute approximate surface area is 186 Å². The van der Waals surface area contributed by atoms with Crippen molar-refractivity contribution < 1.29 is 9.21 Å². The lowest BCUT2D eigenvalue weighted by Crippen LogP contribution is -2.56. The Hall–Kier alpha value is -0.260. The Bertz CT molecular complexity index is 767. The Morgan fingerprint density at radius 2 is 1.80 bits per heavy atom. The second-order valence-corrected chi connectivity index (χ2v) is 9.46. The highest BCUT2D eigenvalue weighted by molar-refractivity contribution is 14.1. The molecule has 0 aliphatic heterocycles. The van der Waals surface area contributed by atoms with Crippen molar-refractivity contribution in [2.45, 2.75) is 9.96 Å². The average molecular weight is 597 g/mol. The van der Waals surface area contributed by atoms with Crippen LogP contribution in [0.4, 0.5) is 5.69 Å². The first-order valence-electron chi connectivity index (χ1n) is 6.61. The minimum Gasteiger partial charge on any atom is -0.444 e. The Balaban J connectivity index is 2.03. The van der Waals surface area contributed by atoms with Crippen LogP contribution in [0.1, 0.15) is 10.6 Å². The van der Waals surface area contributed by atoms with Gasteiger partial charge in [-0.15, -0.1) is 0 Å². The summed E-state index contributed by atoms with van der Waals surface area (Å²) in [5.41, 5.74) is 0.752. The molecule has 1 amide bonds. The van der Waals surface area contributed by atoms with Crippen LogP contribution in [0.25, 0.3) is 0 Å². The lowest BCUT2D eigenvalue weighted by Gasteiger charge is -2.27. The highest BCUT2D eigenvalue weighted by atomic mass is 127. The number of alkyl halides is 3. The van der Waals surface area contributed by atoms with Gasteiger partial charge >= 0.3 is 0 Å². The Kier molecular flexibility index (Phi) is 7.66. The predicted molar refractivity (Wildman–Crippen MR) is 116 cm³/mol. The molecule has 0 saturated heterocycles. The molecule has 0 aliphatic carbocycles. The molecule has 2 rings (SSSR count). The van der Waals surface area contributed by atoms with Crippen molar-refractivity contribution >= 4 is 102 Å². The standard InChI is InChI=1S/C14H10BrCl3IN3O2S/c15-10-6-5-9(24-10)11(23)21-12(14(16,17)18)22-13(25)20-8-3-1-7(19)2-4-8/h1-6,12H,(H,21,23)(H2,20,22,25)/t12-/m1/s1. The van der Waals surface area contributed by atoms with Gasteiger partial charge in [0.15, 0.2) is 15.5 Å². The third kappa shape index (κ3) is 6.76. The van der Waals surface area contributed by atoms with Crippen LogP contribution in [0, 0.1) is 3.57 Å². The van der Waals surface area contributed by atoms with Crippen LogP contribution >= 0.6 is 85.5 Å². The Morgan fingerprint density at radius 1 is 1.16 bits per heavy atom. The summed E-state index contributed by atoms with van der Waals surface area (Å²) >= 11 is 28.3. The van der Waals surface area contributed by atoms with Gasteiger partial charge in [0, 0.05) is 9.26 Å². The van der Waals surface area contributed by atoms with E-state index in [2.05, 4.69) is 54.5 Å². The van der Waals surface area contributed by atoms with E-state index < -0.39 is 15.9 Å². The number of benzene rings is 1. The van der Waals surface area contributed by atoms with Gasteiger partial charge in [0.1, 0.15) is 6.17 Å². The molecule has 25 heavy (non-hydrogen) atoms. The molecular weight excluding hydrogens is 587 g/mol. The van der Waals surface area contributed by atoms with E-state index in [1.54, 1.807) is 6.07 Å². The minimum absolute atomic E-state index is 0.0597. The van der Waals surface area contributed by atoms with Gasteiger partial charge in [-0.25, -0.2) is 0 Å². The van der Waals surface area contributed by atoms with Crippen LogP contribution < -0.4 is 16.0 Å². The van der Waals surface area contributed by atoms with E-state index in [1.807, 2.05) is 24.3 Å². The first-order valence-corrected chi connectivity index (χ1v) is 10.0. The molecule has 0 fully saturated rings. The fourth-order valence-corrected chi connectivity index (χ4v) is 2.90. The van der Waals surface area contributed by atoms with Gasteiger partial charge in [-0.1, -0.05) is 34.8 Å². The van der Waals surface area contributed by atoms with Crippen molar-refractivity contribution in [3.63, 3.8) is 0 Å². The fraction of sp³-hybridized carbons (Fsp3) is 0.143. The van der Waals surface area contributed by atoms with Crippen molar-refractivity contribution in [3.8, 4) is 0 Å². The molecule has 0 unspecified atom stereocenters. The van der Waals surface area contributed by atoms with Crippen molar-refractivity contribution in [1.82, 2.24) is 10.6 Å². The lowest BCUT2D eigenvalue weighted by molar-refractivity contribution is 0.0905. The summed E-state index contributed by atoms with van der Waals surface area (Å²) in [6.45, 7) is 0. The molecule has 0 bridgehead atoms. The number of anilines is 1. The summed E-state index contributed by atoms with van der Waals surface area (Å²) in [4.78, 5) is 12.2. The van der Waals surface area contributed by atoms with Crippen LogP contribution in [0.15, 0.2) is 45.5 Å². The molecule has 0 saturated carbocycles. The number of hydrogen-bond acceptors (Lipinski definition) is 3. The average Bonchev–Trinajstić information content (AvgIpc) is 2.94. The van der Waals surface area contributed by atoms with E-state index in [4.69, 9.17) is 51.4 Å². The third-order valence-corrected chi connectivity index (χ3v) is 4.80. The van der Waals surface area contributed by atoms with E-state index >= 15 is 0 Å². The largest absolute Gasteiger partial charge is 0.444 e. The molecule has 1 heterocycles. The summed E-state index contributed by atoms with van der Waals surface area (Å²) in [6, 6.07) is 10.6. The van der Waals surface area contributed by atoms with E-state index in [-0.39, 0.29) is 10.9 Å². The number of nitrogens with one attached hydrogen (secondary N) is 3. The normalized spacial score (nSPS) is 12.4. The Morgan fingerprint density at radius 3 is 2.32 bits per heavy atom. The maximum absolute atomic E-state index is 12.2. The second-order valence-electron chi connectivity index (χ2n) is 4.66. The number of amides is 1. The van der Waals surface area contributed by atoms with Crippen LogP contribution in [0.3, 0.4) is 0 Å². The van der Waals surface area contributed by atoms with E-state index in [9.17, 15) is 4.79 Å². The van der Waals surface area contributed by atoms with Gasteiger partial charge in [-0.3, -0.25) is 4.79 Å². The summed E-state index contributed by atoms with van der Waals surface area (Å²) < 4.78 is 4.81. The summed E-state index contributed by atoms with van der Waals surface area (Å²) in [5.74, 6) is -0.504. The highest BCUT2D eigenvalue weighted by Crippen LogP contribution is 2.29. The number of halogens is 5. The summed E-state index contributed by atoms with van der Waals surface area (Å²) in [5, 5.41) is 8.41. The predicted octanol–water partition coefficient (Wildman–Crippen LogP) is 5.06. The molecule has 134 valence electrons. The van der Waals surface area contributed by atoms with Gasteiger partial charge < -0.3 is 20.4 Å². The maximum Gasteiger partial charge on any atom is 0.288 e. The van der Waals surface area contributed by atoms with Gasteiger partial charge in [0.2, 0.25) is 3.79 Å². The highest BCUT2D eigenvalue weighted by Gasteiger charge is 2.35. The van der Waals surface area contributed by atoms with Crippen molar-refractivity contribution in [3.05, 3.63) is 50.4 Å². The molecular formula is C14H10BrCl3IN3O2S. The van der Waals surface area contributed by atoms with Crippen LogP contribution in [0.2, 0.25) is 0 Å². The number of carbonyl (C=O) groups excluding carboxylic acids is 1. The molecule has 1 aromatic heterocycles. The molecule has 1 aromatic carbocycles. The fourth-order valence-electron chi connectivity index (χ4n) is 1.67. The maximum atomic E-state index is 12.2. The van der Waals surface area contributed by atoms with Gasteiger partial charge in [0.25, 0.3) is 5.91 Å². The van der Waals surface area contributed by atoms with Crippen LogP contribution in [0.5, 0.6) is 0 Å². The molecule has 0 radical (unpaired) electrons. The molecule has 1 atom stereocenters. The van der Waals surface area contributed by atoms with E-state index in [1.165, 1.54) is 6.07 Å². The topological polar surface area (TPSA) is 66.3 Å². The number of furan rings is 1. The van der Waals surface area contributed by atoms with Gasteiger partial charge in [0.05, 0.1) is 0 Å². The smallest absolute Gasteiger partial charge is 0.288 e. The molecule has 0 spiro atoms. The van der Waals surface area contributed by atoms with Gasteiger partial charge in [-0.05, 0) is 87.1 Å². The minimum atomic E-state index is -1.85. The quantitative estimate of drug-likeness (QED) is 0.199. The van der Waals surface area contributed by atoms with Crippen LogP contribution in [-0.4, -0.2) is 21.0 Å². The lowest BCUT2D eigenvalue weighted by atomic mass is 10.3. The molecule has 11 heteroatoms. The molecule has 2 aromatic rings. The van der Waals surface area contributed by atoms with Crippen LogP contribution in [-0.2, 0) is 0 Å².